The molecule has 0 unspecified atom stereocenters. The molecule has 2 aromatic carbocycles. The molecule has 1 aliphatic rings. The quantitative estimate of drug-likeness (QED) is 0.704. The van der Waals surface area contributed by atoms with Gasteiger partial charge in [-0.2, -0.15) is 0 Å². The van der Waals surface area contributed by atoms with Crippen LogP contribution in [-0.2, 0) is 4.74 Å². The van der Waals surface area contributed by atoms with Gasteiger partial charge in [-0.25, -0.2) is 9.59 Å². The number of hydrogen-bond donors (Lipinski definition) is 2. The van der Waals surface area contributed by atoms with Crippen LogP contribution in [-0.4, -0.2) is 62.8 Å². The fourth-order valence-corrected chi connectivity index (χ4v) is 3.31. The Bertz CT molecular complexity index is 805. The molecule has 1 heterocycles. The van der Waals surface area contributed by atoms with Crippen LogP contribution < -0.4 is 15.5 Å². The molecule has 1 fully saturated rings. The minimum Gasteiger partial charge on any atom is -0.462 e. The molecule has 7 heteroatoms. The maximum atomic E-state index is 12.1. The first-order chi connectivity index (χ1) is 14.2. The zero-order valence-corrected chi connectivity index (χ0v) is 16.8. The van der Waals surface area contributed by atoms with Crippen LogP contribution in [0, 0.1) is 0 Å². The molecule has 0 spiro atoms. The summed E-state index contributed by atoms with van der Waals surface area (Å²) in [6.45, 7) is 7.35. The lowest BCUT2D eigenvalue weighted by Gasteiger charge is -2.36. The summed E-state index contributed by atoms with van der Waals surface area (Å²) in [7, 11) is 0. The van der Waals surface area contributed by atoms with Gasteiger partial charge in [-0.05, 0) is 37.3 Å². The number of piperazine rings is 1. The van der Waals surface area contributed by atoms with Gasteiger partial charge >= 0.3 is 12.0 Å². The number of nitrogens with one attached hydrogen (secondary N) is 2. The highest BCUT2D eigenvalue weighted by molar-refractivity contribution is 5.93. The second kappa shape index (κ2) is 10.5. The van der Waals surface area contributed by atoms with E-state index in [1.165, 1.54) is 5.69 Å². The number of para-hydroxylation sites is 1. The third-order valence-electron chi connectivity index (χ3n) is 4.84. The number of anilines is 2. The van der Waals surface area contributed by atoms with Gasteiger partial charge in [-0.3, -0.25) is 4.90 Å². The van der Waals surface area contributed by atoms with Crippen molar-refractivity contribution in [3.05, 3.63) is 60.2 Å². The Morgan fingerprint density at radius 2 is 1.76 bits per heavy atom. The van der Waals surface area contributed by atoms with E-state index in [4.69, 9.17) is 4.74 Å². The highest BCUT2D eigenvalue weighted by Crippen LogP contribution is 2.15. The van der Waals surface area contributed by atoms with Crippen molar-refractivity contribution in [2.75, 3.05) is 56.1 Å². The van der Waals surface area contributed by atoms with Gasteiger partial charge in [0.2, 0.25) is 0 Å². The van der Waals surface area contributed by atoms with Gasteiger partial charge < -0.3 is 20.3 Å². The number of esters is 1. The number of carbonyl (C=O) groups is 2. The fourth-order valence-electron chi connectivity index (χ4n) is 3.31. The molecule has 2 aromatic rings. The number of amides is 2. The second-order valence-electron chi connectivity index (χ2n) is 6.85. The van der Waals surface area contributed by atoms with Crippen molar-refractivity contribution in [3.8, 4) is 0 Å². The Morgan fingerprint density at radius 3 is 2.48 bits per heavy atom. The minimum atomic E-state index is -0.397. The van der Waals surface area contributed by atoms with E-state index >= 15 is 0 Å². The largest absolute Gasteiger partial charge is 0.462 e. The fraction of sp³-hybridized carbons (Fsp3) is 0.364. The van der Waals surface area contributed by atoms with E-state index in [0.29, 0.717) is 24.4 Å². The summed E-state index contributed by atoms with van der Waals surface area (Å²) < 4.78 is 4.98. The van der Waals surface area contributed by atoms with E-state index in [0.717, 1.165) is 32.7 Å². The number of nitrogens with zero attached hydrogens (tertiary/aromatic N) is 2. The summed E-state index contributed by atoms with van der Waals surface area (Å²) in [5.74, 6) is -0.397. The molecule has 2 N–H and O–H groups in total. The van der Waals surface area contributed by atoms with Crippen molar-refractivity contribution in [3.63, 3.8) is 0 Å². The molecule has 29 heavy (non-hydrogen) atoms. The van der Waals surface area contributed by atoms with E-state index in [-0.39, 0.29) is 6.03 Å². The third kappa shape index (κ3) is 6.22. The summed E-state index contributed by atoms with van der Waals surface area (Å²) in [5, 5.41) is 5.63. The Labute approximate surface area is 171 Å². The Kier molecular flexibility index (Phi) is 7.47. The highest BCUT2D eigenvalue weighted by atomic mass is 16.5. The maximum Gasteiger partial charge on any atom is 0.338 e. The molecular weight excluding hydrogens is 368 g/mol. The van der Waals surface area contributed by atoms with E-state index < -0.39 is 5.97 Å². The van der Waals surface area contributed by atoms with Crippen LogP contribution in [0.4, 0.5) is 16.2 Å². The number of carbonyl (C=O) groups excluding carboxylic acids is 2. The molecule has 1 aliphatic heterocycles. The van der Waals surface area contributed by atoms with Gasteiger partial charge in [-0.15, -0.1) is 0 Å². The Hall–Kier alpha value is -3.06. The van der Waals surface area contributed by atoms with Crippen molar-refractivity contribution in [1.29, 1.82) is 0 Å². The first-order valence-corrected chi connectivity index (χ1v) is 10.00. The van der Waals surface area contributed by atoms with Gasteiger partial charge in [0, 0.05) is 50.6 Å². The Balaban J connectivity index is 1.37. The summed E-state index contributed by atoms with van der Waals surface area (Å²) in [4.78, 5) is 28.6. The van der Waals surface area contributed by atoms with Gasteiger partial charge in [0.05, 0.1) is 12.2 Å². The van der Waals surface area contributed by atoms with Crippen molar-refractivity contribution < 1.29 is 14.3 Å². The molecule has 154 valence electrons. The summed E-state index contributed by atoms with van der Waals surface area (Å²) in [5.41, 5.74) is 2.24. The Morgan fingerprint density at radius 1 is 1.00 bits per heavy atom. The predicted molar refractivity (Wildman–Crippen MR) is 115 cm³/mol. The normalized spacial score (nSPS) is 14.3. The first kappa shape index (κ1) is 20.7. The van der Waals surface area contributed by atoms with Crippen LogP contribution in [0.2, 0.25) is 0 Å². The van der Waals surface area contributed by atoms with E-state index in [9.17, 15) is 9.59 Å². The van der Waals surface area contributed by atoms with Crippen LogP contribution in [0.25, 0.3) is 0 Å². The van der Waals surface area contributed by atoms with Crippen LogP contribution in [0.1, 0.15) is 17.3 Å². The highest BCUT2D eigenvalue weighted by Gasteiger charge is 2.16. The lowest BCUT2D eigenvalue weighted by atomic mass is 10.2. The summed E-state index contributed by atoms with van der Waals surface area (Å²) >= 11 is 0. The van der Waals surface area contributed by atoms with Crippen LogP contribution >= 0.6 is 0 Å². The van der Waals surface area contributed by atoms with Crippen molar-refractivity contribution in [1.82, 2.24) is 10.2 Å². The van der Waals surface area contributed by atoms with Crippen LogP contribution in [0.5, 0.6) is 0 Å². The van der Waals surface area contributed by atoms with Gasteiger partial charge in [0.25, 0.3) is 0 Å². The molecule has 0 saturated carbocycles. The maximum absolute atomic E-state index is 12.1. The number of ether oxygens (including phenoxy) is 1. The second-order valence-corrected chi connectivity index (χ2v) is 6.85. The molecule has 0 aliphatic carbocycles. The van der Waals surface area contributed by atoms with E-state index in [1.54, 1.807) is 31.2 Å². The number of urea groups is 1. The lowest BCUT2D eigenvalue weighted by molar-refractivity contribution is 0.0526. The lowest BCUT2D eigenvalue weighted by Crippen LogP contribution is -2.48. The average Bonchev–Trinajstić information content (AvgIpc) is 2.75. The molecule has 1 saturated heterocycles. The molecular formula is C22H28N4O3. The summed E-state index contributed by atoms with van der Waals surface area (Å²) in [6.07, 6.45) is 0. The van der Waals surface area contributed by atoms with Crippen LogP contribution in [0.15, 0.2) is 54.6 Å². The van der Waals surface area contributed by atoms with Gasteiger partial charge in [0.15, 0.2) is 0 Å². The van der Waals surface area contributed by atoms with Crippen molar-refractivity contribution in [2.24, 2.45) is 0 Å². The average molecular weight is 396 g/mol. The molecule has 7 nitrogen and oxygen atoms in total. The zero-order valence-electron chi connectivity index (χ0n) is 16.8. The molecule has 0 bridgehead atoms. The smallest absolute Gasteiger partial charge is 0.338 e. The number of rotatable bonds is 7. The molecule has 3 rings (SSSR count). The number of benzene rings is 2. The monoisotopic (exact) mass is 396 g/mol. The first-order valence-electron chi connectivity index (χ1n) is 10.00. The number of hydrogen-bond acceptors (Lipinski definition) is 5. The topological polar surface area (TPSA) is 73.9 Å². The van der Waals surface area contributed by atoms with E-state index in [1.807, 2.05) is 6.07 Å². The SMILES string of the molecule is CCOC(=O)c1cccc(NC(=O)NCCN2CCN(c3ccccc3)CC2)c1. The van der Waals surface area contributed by atoms with Crippen molar-refractivity contribution in [2.45, 2.75) is 6.92 Å². The minimum absolute atomic E-state index is 0.283. The third-order valence-corrected chi connectivity index (χ3v) is 4.84. The molecule has 0 radical (unpaired) electrons. The molecule has 0 aromatic heterocycles. The standard InChI is InChI=1S/C22H28N4O3/c1-2-29-21(27)18-7-6-8-19(17-18)24-22(28)23-11-12-25-13-15-26(16-14-25)20-9-4-3-5-10-20/h3-10,17H,2,11-16H2,1H3,(H2,23,24,28). The zero-order chi connectivity index (χ0) is 20.5. The van der Waals surface area contributed by atoms with Gasteiger partial charge in [-0.1, -0.05) is 24.3 Å². The predicted octanol–water partition coefficient (Wildman–Crippen LogP) is 2.81. The van der Waals surface area contributed by atoms with E-state index in [2.05, 4.69) is 44.7 Å². The van der Waals surface area contributed by atoms with Crippen molar-refractivity contribution >= 4 is 23.4 Å². The summed E-state index contributed by atoms with van der Waals surface area (Å²) in [6, 6.07) is 16.9. The van der Waals surface area contributed by atoms with Gasteiger partial charge in [0.1, 0.15) is 0 Å². The molecule has 0 atom stereocenters. The van der Waals surface area contributed by atoms with Crippen LogP contribution in [0.3, 0.4) is 0 Å². The molecule has 2 amide bonds.